The lowest BCUT2D eigenvalue weighted by Gasteiger charge is -2.25. The monoisotopic (exact) mass is 266 g/mol. The van der Waals surface area contributed by atoms with Gasteiger partial charge in [-0.05, 0) is 32.8 Å². The largest absolute Gasteiger partial charge is 0.475 e. The summed E-state index contributed by atoms with van der Waals surface area (Å²) in [7, 11) is -5.76. The van der Waals surface area contributed by atoms with Gasteiger partial charge in [0.05, 0.1) is 21.5 Å². The summed E-state index contributed by atoms with van der Waals surface area (Å²) in [6.07, 6.45) is -7.92. The summed E-state index contributed by atoms with van der Waals surface area (Å²) in [5.41, 5.74) is -0.863. The van der Waals surface area contributed by atoms with Crippen LogP contribution < -0.4 is 0 Å². The predicted octanol–water partition coefficient (Wildman–Crippen LogP) is 4.01. The highest BCUT2D eigenvalue weighted by atomic mass is 31.2. The molecule has 0 bridgehead atoms. The number of phosphoric acid groups is 1. The van der Waals surface area contributed by atoms with Crippen LogP contribution in [-0.2, 0) is 18.1 Å². The molecule has 0 saturated heterocycles. The van der Waals surface area contributed by atoms with Crippen LogP contribution in [0.5, 0.6) is 0 Å². The molecular weight excluding hydrogens is 227 g/mol. The second-order valence-electron chi connectivity index (χ2n) is 4.12. The first-order chi connectivity index (χ1) is 12.6. The molecule has 0 rings (SSSR count). The van der Waals surface area contributed by atoms with Crippen LogP contribution in [0.2, 0.25) is 0 Å². The van der Waals surface area contributed by atoms with Crippen LogP contribution in [0.3, 0.4) is 0 Å². The Hall–Kier alpha value is 0.110. The lowest BCUT2D eigenvalue weighted by molar-refractivity contribution is 0.0539. The Balaban J connectivity index is 6.62. The van der Waals surface area contributed by atoms with Gasteiger partial charge in [0.2, 0.25) is 0 Å². The Morgan fingerprint density at radius 3 is 1.94 bits per heavy atom. The summed E-state index contributed by atoms with van der Waals surface area (Å²) in [6, 6.07) is 0. The Labute approximate surface area is 119 Å². The molecular formula is C11H25O4P. The van der Waals surface area contributed by atoms with Gasteiger partial charge in [-0.1, -0.05) is 20.8 Å². The Morgan fingerprint density at radius 2 is 1.62 bits per heavy atom. The first-order valence-corrected chi connectivity index (χ1v) is 5.74. The van der Waals surface area contributed by atoms with Gasteiger partial charge < -0.3 is 0 Å². The second kappa shape index (κ2) is 6.15. The van der Waals surface area contributed by atoms with E-state index < -0.39 is 59.4 Å². The van der Waals surface area contributed by atoms with Gasteiger partial charge >= 0.3 is 7.82 Å². The van der Waals surface area contributed by atoms with Crippen molar-refractivity contribution in [2.45, 2.75) is 60.3 Å². The van der Waals surface area contributed by atoms with Crippen molar-refractivity contribution < 1.29 is 37.3 Å². The highest BCUT2D eigenvalue weighted by Crippen LogP contribution is 2.52. The number of hydrogen-bond donors (Lipinski definition) is 0. The van der Waals surface area contributed by atoms with E-state index in [4.69, 9.17) is 23.7 Å². The van der Waals surface area contributed by atoms with Crippen LogP contribution >= 0.6 is 7.82 Å². The number of hydrogen-bond acceptors (Lipinski definition) is 4. The molecule has 0 aliphatic heterocycles. The third-order valence-electron chi connectivity index (χ3n) is 1.06. The maximum absolute atomic E-state index is 13.2. The van der Waals surface area contributed by atoms with E-state index >= 15 is 0 Å². The van der Waals surface area contributed by atoms with Crippen molar-refractivity contribution >= 4 is 7.82 Å². The molecule has 0 heterocycles. The highest BCUT2D eigenvalue weighted by molar-refractivity contribution is 7.48. The molecule has 0 saturated carbocycles. The molecule has 0 fully saturated rings. The quantitative estimate of drug-likeness (QED) is 0.681. The van der Waals surface area contributed by atoms with E-state index in [1.54, 1.807) is 0 Å². The van der Waals surface area contributed by atoms with Gasteiger partial charge in [-0.3, -0.25) is 13.6 Å². The zero-order valence-corrected chi connectivity index (χ0v) is 10.2. The van der Waals surface area contributed by atoms with E-state index in [2.05, 4.69) is 9.05 Å². The van der Waals surface area contributed by atoms with Crippen LogP contribution in [0, 0.1) is 5.41 Å². The minimum absolute atomic E-state index is 0.625. The van der Waals surface area contributed by atoms with Crippen LogP contribution in [-0.4, -0.2) is 18.8 Å². The summed E-state index contributed by atoms with van der Waals surface area (Å²) >= 11 is 0. The minimum Gasteiger partial charge on any atom is -0.286 e. The van der Waals surface area contributed by atoms with Crippen molar-refractivity contribution in [2.75, 3.05) is 6.61 Å². The van der Waals surface area contributed by atoms with Gasteiger partial charge in [0.15, 0.2) is 0 Å². The van der Waals surface area contributed by atoms with Crippen LogP contribution in [0.4, 0.5) is 0 Å². The summed E-state index contributed by atoms with van der Waals surface area (Å²) in [4.78, 5) is 0. The van der Waals surface area contributed by atoms with Crippen LogP contribution in [0.15, 0.2) is 0 Å². The third kappa shape index (κ3) is 8.28. The van der Waals surface area contributed by atoms with Gasteiger partial charge in [-0.15, -0.1) is 0 Å². The lowest BCUT2D eigenvalue weighted by atomic mass is 9.99. The van der Waals surface area contributed by atoms with E-state index in [0.29, 0.717) is 0 Å². The van der Waals surface area contributed by atoms with E-state index in [1.807, 2.05) is 0 Å². The summed E-state index contributed by atoms with van der Waals surface area (Å²) in [5, 5.41) is 0. The van der Waals surface area contributed by atoms with Gasteiger partial charge in [0, 0.05) is 16.4 Å². The average molecular weight is 266 g/mol. The Morgan fingerprint density at radius 1 is 1.19 bits per heavy atom. The summed E-state index contributed by atoms with van der Waals surface area (Å²) < 4.78 is 130. The van der Waals surface area contributed by atoms with E-state index in [9.17, 15) is 4.57 Å². The molecule has 16 heavy (non-hydrogen) atoms. The second-order valence-corrected chi connectivity index (χ2v) is 5.64. The van der Waals surface area contributed by atoms with E-state index in [0.717, 1.165) is 0 Å². The molecule has 0 aromatic rings. The zero-order chi connectivity index (χ0) is 24.8. The molecule has 98 valence electrons. The Bertz CT molecular complexity index is 569. The molecule has 0 aromatic carbocycles. The van der Waals surface area contributed by atoms with Crippen LogP contribution in [0.25, 0.3) is 0 Å². The van der Waals surface area contributed by atoms with Crippen molar-refractivity contribution in [3.05, 3.63) is 0 Å². The molecule has 0 radical (unpaired) electrons. The molecule has 0 aromatic heterocycles. The van der Waals surface area contributed by atoms with Gasteiger partial charge in [0.25, 0.3) is 0 Å². The Kier molecular flexibility index (Phi) is 1.67. The summed E-state index contributed by atoms with van der Waals surface area (Å²) in [6.45, 7) is -11.2. The highest BCUT2D eigenvalue weighted by Gasteiger charge is 2.31. The SMILES string of the molecule is [2H]C([2H])([2H])C([2H])(OP(=O)(OCC(C)(C)C)OC([2H])(C([2H])([2H])[2H])C([2H])([2H])[2H])C([2H])([2H])[2H]. The number of rotatable bonds is 6. The normalized spacial score (nSPS) is 31.2. The fourth-order valence-electron chi connectivity index (χ4n) is 0.568. The smallest absolute Gasteiger partial charge is 0.286 e. The predicted molar refractivity (Wildman–Crippen MR) is 65.5 cm³/mol. The van der Waals surface area contributed by atoms with Crippen molar-refractivity contribution in [3.8, 4) is 0 Å². The fraction of sp³-hybridized carbons (Fsp3) is 1.00. The molecule has 0 aliphatic carbocycles. The molecule has 0 unspecified atom stereocenters. The number of phosphoric ester groups is 1. The van der Waals surface area contributed by atoms with E-state index in [1.165, 1.54) is 20.8 Å². The van der Waals surface area contributed by atoms with Crippen molar-refractivity contribution in [2.24, 2.45) is 5.41 Å². The first kappa shape index (κ1) is 4.34. The van der Waals surface area contributed by atoms with Gasteiger partial charge in [0.1, 0.15) is 0 Å². The van der Waals surface area contributed by atoms with Crippen molar-refractivity contribution in [1.29, 1.82) is 0 Å². The zero-order valence-electron chi connectivity index (χ0n) is 23.3. The summed E-state index contributed by atoms with van der Waals surface area (Å²) in [5.74, 6) is 0. The van der Waals surface area contributed by atoms with Gasteiger partial charge in [-0.25, -0.2) is 4.57 Å². The maximum Gasteiger partial charge on any atom is 0.475 e. The lowest BCUT2D eigenvalue weighted by Crippen LogP contribution is -2.17. The maximum atomic E-state index is 13.2. The van der Waals surface area contributed by atoms with E-state index in [-0.39, 0.29) is 0 Å². The molecule has 0 N–H and O–H groups in total. The molecule has 0 amide bonds. The van der Waals surface area contributed by atoms with Crippen molar-refractivity contribution in [3.63, 3.8) is 0 Å². The minimum atomic E-state index is -5.76. The average Bonchev–Trinajstić information content (AvgIpc) is 2.39. The first-order valence-electron chi connectivity index (χ1n) is 11.3. The topological polar surface area (TPSA) is 44.8 Å². The van der Waals surface area contributed by atoms with Crippen LogP contribution in [0.1, 0.15) is 67.4 Å². The van der Waals surface area contributed by atoms with Gasteiger partial charge in [-0.2, -0.15) is 0 Å². The standard InChI is InChI=1S/C11H25O4P/c1-9(2)14-16(12,15-10(3)4)13-8-11(5,6)7/h9-10H,8H2,1-7H3/i1D3,2D3,3D3,4D3,9D,10D. The fourth-order valence-corrected chi connectivity index (χ4v) is 1.70. The molecule has 0 spiro atoms. The van der Waals surface area contributed by atoms with Crippen molar-refractivity contribution in [1.82, 2.24) is 0 Å². The third-order valence-corrected chi connectivity index (χ3v) is 2.32. The molecule has 5 heteroatoms. The molecule has 0 aliphatic rings. The molecule has 4 nitrogen and oxygen atoms in total. The molecule has 0 atom stereocenters.